The molecule has 1 aromatic heterocycles. The van der Waals surface area contributed by atoms with E-state index >= 15 is 0 Å². The van der Waals surface area contributed by atoms with Gasteiger partial charge in [0.15, 0.2) is 0 Å². The maximum absolute atomic E-state index is 11.9. The molecule has 6 nitrogen and oxygen atoms in total. The van der Waals surface area contributed by atoms with Gasteiger partial charge in [-0.2, -0.15) is 0 Å². The number of nitrogens with two attached hydrogens (primary N) is 1. The smallest absolute Gasteiger partial charge is 0.263 e. The van der Waals surface area contributed by atoms with Crippen LogP contribution in [0.15, 0.2) is 6.07 Å². The Morgan fingerprint density at radius 1 is 1.43 bits per heavy atom. The molecular formula is C13H21N3O3S2. The van der Waals surface area contributed by atoms with Crippen LogP contribution in [0, 0.1) is 0 Å². The lowest BCUT2D eigenvalue weighted by atomic mass is 10.1. The lowest BCUT2D eigenvalue weighted by Crippen LogP contribution is -2.31. The fraction of sp³-hybridized carbons (Fsp3) is 0.615. The van der Waals surface area contributed by atoms with Crippen LogP contribution in [0.5, 0.6) is 0 Å². The zero-order valence-electron chi connectivity index (χ0n) is 12.0. The minimum Gasteiger partial charge on any atom is -0.397 e. The van der Waals surface area contributed by atoms with E-state index in [2.05, 4.69) is 10.6 Å². The monoisotopic (exact) mass is 331 g/mol. The van der Waals surface area contributed by atoms with Crippen LogP contribution in [0.25, 0.3) is 0 Å². The molecule has 1 fully saturated rings. The van der Waals surface area contributed by atoms with E-state index in [0.29, 0.717) is 30.0 Å². The molecule has 0 saturated carbocycles. The van der Waals surface area contributed by atoms with Gasteiger partial charge in [-0.25, -0.2) is 8.42 Å². The van der Waals surface area contributed by atoms with Crippen LogP contribution in [0.4, 0.5) is 10.7 Å². The van der Waals surface area contributed by atoms with Gasteiger partial charge in [0.25, 0.3) is 5.91 Å². The van der Waals surface area contributed by atoms with Crippen molar-refractivity contribution >= 4 is 37.8 Å². The maximum Gasteiger partial charge on any atom is 0.263 e. The molecule has 1 aliphatic rings. The summed E-state index contributed by atoms with van der Waals surface area (Å²) >= 11 is 1.31. The Morgan fingerprint density at radius 2 is 2.10 bits per heavy atom. The van der Waals surface area contributed by atoms with E-state index in [0.717, 1.165) is 11.4 Å². The molecule has 4 N–H and O–H groups in total. The molecule has 0 atom stereocenters. The summed E-state index contributed by atoms with van der Waals surface area (Å²) in [4.78, 5) is 12.4. The maximum atomic E-state index is 11.9. The van der Waals surface area contributed by atoms with Crippen molar-refractivity contribution in [1.29, 1.82) is 0 Å². The van der Waals surface area contributed by atoms with E-state index in [-0.39, 0.29) is 23.5 Å². The third-order valence-corrected chi connectivity index (χ3v) is 6.20. The number of hydrogen-bond acceptors (Lipinski definition) is 6. The number of carbonyl (C=O) groups is 1. The molecule has 0 aliphatic carbocycles. The fourth-order valence-corrected chi connectivity index (χ4v) is 4.67. The van der Waals surface area contributed by atoms with Crippen LogP contribution >= 0.6 is 11.3 Å². The number of carbonyl (C=O) groups excluding carboxylic acids is 1. The van der Waals surface area contributed by atoms with Gasteiger partial charge in [-0.05, 0) is 25.3 Å². The predicted octanol–water partition coefficient (Wildman–Crippen LogP) is 1.46. The first-order valence-corrected chi connectivity index (χ1v) is 9.69. The second-order valence-corrected chi connectivity index (χ2v) is 8.58. The number of hydrogen-bond donors (Lipinski definition) is 3. The van der Waals surface area contributed by atoms with Gasteiger partial charge in [-0.1, -0.05) is 6.92 Å². The van der Waals surface area contributed by atoms with Gasteiger partial charge in [0.2, 0.25) is 0 Å². The molecule has 2 rings (SSSR count). The van der Waals surface area contributed by atoms with Crippen LogP contribution < -0.4 is 16.4 Å². The van der Waals surface area contributed by atoms with Gasteiger partial charge in [0.1, 0.15) is 14.7 Å². The summed E-state index contributed by atoms with van der Waals surface area (Å²) in [6, 6.07) is 1.87. The van der Waals surface area contributed by atoms with E-state index in [1.165, 1.54) is 11.3 Å². The van der Waals surface area contributed by atoms with Crippen molar-refractivity contribution in [2.45, 2.75) is 32.2 Å². The molecule has 2 heterocycles. The van der Waals surface area contributed by atoms with Gasteiger partial charge < -0.3 is 16.4 Å². The summed E-state index contributed by atoms with van der Waals surface area (Å²) in [6.07, 6.45) is 2.06. The van der Waals surface area contributed by atoms with Crippen LogP contribution in [-0.4, -0.2) is 38.4 Å². The van der Waals surface area contributed by atoms with Gasteiger partial charge in [0.05, 0.1) is 22.2 Å². The average molecular weight is 331 g/mol. The second kappa shape index (κ2) is 6.65. The first-order chi connectivity index (χ1) is 9.91. The normalized spacial score (nSPS) is 18.3. The molecule has 118 valence electrons. The Morgan fingerprint density at radius 3 is 2.71 bits per heavy atom. The Balaban J connectivity index is 1.97. The Kier molecular flexibility index (Phi) is 5.10. The number of thiophene rings is 1. The number of anilines is 2. The minimum absolute atomic E-state index is 0.123. The van der Waals surface area contributed by atoms with E-state index in [1.807, 2.05) is 6.92 Å². The third kappa shape index (κ3) is 4.34. The number of nitrogens with one attached hydrogen (secondary N) is 2. The third-order valence-electron chi connectivity index (χ3n) is 3.40. The summed E-state index contributed by atoms with van der Waals surface area (Å²) < 4.78 is 22.8. The number of amides is 1. The van der Waals surface area contributed by atoms with Crippen LogP contribution in [-0.2, 0) is 9.84 Å². The number of sulfone groups is 1. The Hall–Kier alpha value is -1.28. The van der Waals surface area contributed by atoms with Crippen LogP contribution in [0.2, 0.25) is 0 Å². The summed E-state index contributed by atoms with van der Waals surface area (Å²) in [7, 11) is -2.86. The molecule has 8 heteroatoms. The van der Waals surface area contributed by atoms with Crippen LogP contribution in [0.3, 0.4) is 0 Å². The predicted molar refractivity (Wildman–Crippen MR) is 86.7 cm³/mol. The van der Waals surface area contributed by atoms with Crippen LogP contribution in [0.1, 0.15) is 35.9 Å². The first-order valence-electron chi connectivity index (χ1n) is 7.05. The number of nitrogen functional groups attached to an aromatic ring is 1. The summed E-state index contributed by atoms with van der Waals surface area (Å²) in [5.41, 5.74) is 6.33. The second-order valence-electron chi connectivity index (χ2n) is 5.22. The first kappa shape index (κ1) is 16.1. The van der Waals surface area contributed by atoms with Gasteiger partial charge in [-0.15, -0.1) is 11.3 Å². The molecule has 0 radical (unpaired) electrons. The zero-order valence-corrected chi connectivity index (χ0v) is 13.6. The largest absolute Gasteiger partial charge is 0.397 e. The molecule has 0 spiro atoms. The lowest BCUT2D eigenvalue weighted by Gasteiger charge is -2.23. The molecular weight excluding hydrogens is 310 g/mol. The van der Waals surface area contributed by atoms with Gasteiger partial charge in [0, 0.05) is 12.6 Å². The van der Waals surface area contributed by atoms with Crippen molar-refractivity contribution in [3.05, 3.63) is 10.9 Å². The van der Waals surface area contributed by atoms with Crippen molar-refractivity contribution < 1.29 is 13.2 Å². The van der Waals surface area contributed by atoms with Crippen molar-refractivity contribution in [3.63, 3.8) is 0 Å². The van der Waals surface area contributed by atoms with E-state index in [9.17, 15) is 13.2 Å². The highest BCUT2D eigenvalue weighted by atomic mass is 32.2. The molecule has 1 amide bonds. The Bertz CT molecular complexity index is 596. The highest BCUT2D eigenvalue weighted by Crippen LogP contribution is 2.31. The quantitative estimate of drug-likeness (QED) is 0.758. The fourth-order valence-electron chi connectivity index (χ4n) is 2.21. The number of rotatable bonds is 5. The average Bonchev–Trinajstić information content (AvgIpc) is 2.79. The van der Waals surface area contributed by atoms with Crippen molar-refractivity contribution in [3.8, 4) is 0 Å². The minimum atomic E-state index is -2.86. The molecule has 21 heavy (non-hydrogen) atoms. The van der Waals surface area contributed by atoms with E-state index in [4.69, 9.17) is 5.73 Å². The van der Waals surface area contributed by atoms with Crippen molar-refractivity contribution in [2.24, 2.45) is 0 Å². The van der Waals surface area contributed by atoms with E-state index in [1.54, 1.807) is 6.07 Å². The molecule has 1 aliphatic heterocycles. The SMILES string of the molecule is CCCNC(=O)c1sc(NC2CCS(=O)(=O)CC2)cc1N. The Labute approximate surface area is 129 Å². The molecule has 1 saturated heterocycles. The highest BCUT2D eigenvalue weighted by molar-refractivity contribution is 7.91. The van der Waals surface area contributed by atoms with Crippen molar-refractivity contribution in [2.75, 3.05) is 29.1 Å². The zero-order chi connectivity index (χ0) is 15.5. The summed E-state index contributed by atoms with van der Waals surface area (Å²) in [5, 5.41) is 6.90. The molecule has 0 unspecified atom stereocenters. The highest BCUT2D eigenvalue weighted by Gasteiger charge is 2.24. The van der Waals surface area contributed by atoms with Gasteiger partial charge in [-0.3, -0.25) is 4.79 Å². The summed E-state index contributed by atoms with van der Waals surface area (Å²) in [6.45, 7) is 2.61. The van der Waals surface area contributed by atoms with E-state index < -0.39 is 9.84 Å². The summed E-state index contributed by atoms with van der Waals surface area (Å²) in [5.74, 6) is 0.281. The van der Waals surface area contributed by atoms with Crippen molar-refractivity contribution in [1.82, 2.24) is 5.32 Å². The van der Waals surface area contributed by atoms with Gasteiger partial charge >= 0.3 is 0 Å². The molecule has 0 bridgehead atoms. The standard InChI is InChI=1S/C13H21N3O3S2/c1-2-5-15-13(17)12-10(14)8-11(20-12)16-9-3-6-21(18,19)7-4-9/h8-9,16H,2-7,14H2,1H3,(H,15,17). The molecule has 0 aromatic carbocycles. The molecule has 1 aromatic rings. The lowest BCUT2D eigenvalue weighted by molar-refractivity contribution is 0.0958. The topological polar surface area (TPSA) is 101 Å².